The lowest BCUT2D eigenvalue weighted by molar-refractivity contribution is -0.120. The van der Waals surface area contributed by atoms with Gasteiger partial charge in [0.2, 0.25) is 5.91 Å². The van der Waals surface area contributed by atoms with Crippen molar-refractivity contribution in [3.63, 3.8) is 0 Å². The first-order valence-corrected chi connectivity index (χ1v) is 8.48. The Morgan fingerprint density at radius 3 is 2.45 bits per heavy atom. The van der Waals surface area contributed by atoms with Crippen molar-refractivity contribution < 1.29 is 9.18 Å². The monoisotopic (exact) mass is 315 g/mol. The lowest BCUT2D eigenvalue weighted by Gasteiger charge is -2.17. The van der Waals surface area contributed by atoms with Crippen LogP contribution in [-0.4, -0.2) is 11.9 Å². The summed E-state index contributed by atoms with van der Waals surface area (Å²) in [7, 11) is 0. The maximum atomic E-state index is 13.1. The summed E-state index contributed by atoms with van der Waals surface area (Å²) in [5.41, 5.74) is 2.03. The Hall–Kier alpha value is -1.81. The molecule has 1 unspecified atom stereocenters. The van der Waals surface area contributed by atoms with E-state index < -0.39 is 0 Å². The van der Waals surface area contributed by atoms with Crippen LogP contribution in [0.5, 0.6) is 0 Å². The van der Waals surface area contributed by atoms with Crippen LogP contribution >= 0.6 is 11.8 Å². The molecule has 2 aromatic carbocycles. The topological polar surface area (TPSA) is 29.1 Å². The smallest absolute Gasteiger partial charge is 0.237 e. The lowest BCUT2D eigenvalue weighted by atomic mass is 10.1. The number of halogens is 1. The van der Waals surface area contributed by atoms with Gasteiger partial charge in [-0.1, -0.05) is 42.5 Å². The standard InChI is InChI=1S/C18H18FNOS/c19-15-8-6-14(7-9-15)17(18(21)20-16-10-11-16)22-12-13-4-2-1-3-5-13/h1-9,16-17H,10-12H2,(H,20,21). The molecule has 3 rings (SSSR count). The third kappa shape index (κ3) is 4.10. The van der Waals surface area contributed by atoms with Gasteiger partial charge in [0.15, 0.2) is 0 Å². The van der Waals surface area contributed by atoms with Crippen molar-refractivity contribution in [1.29, 1.82) is 0 Å². The molecule has 1 aliphatic carbocycles. The van der Waals surface area contributed by atoms with E-state index in [-0.39, 0.29) is 17.0 Å². The average molecular weight is 315 g/mol. The Kier molecular flexibility index (Phi) is 4.78. The van der Waals surface area contributed by atoms with E-state index >= 15 is 0 Å². The molecular weight excluding hydrogens is 297 g/mol. The van der Waals surface area contributed by atoms with Gasteiger partial charge in [0.1, 0.15) is 11.1 Å². The van der Waals surface area contributed by atoms with Gasteiger partial charge in [-0.15, -0.1) is 11.8 Å². The fraction of sp³-hybridized carbons (Fsp3) is 0.278. The lowest BCUT2D eigenvalue weighted by Crippen LogP contribution is -2.29. The molecule has 0 aliphatic heterocycles. The molecule has 2 aromatic rings. The highest BCUT2D eigenvalue weighted by Crippen LogP contribution is 2.33. The summed E-state index contributed by atoms with van der Waals surface area (Å²) in [4.78, 5) is 12.5. The van der Waals surface area contributed by atoms with Crippen LogP contribution in [0.3, 0.4) is 0 Å². The molecule has 4 heteroatoms. The minimum atomic E-state index is -0.304. The average Bonchev–Trinajstić information content (AvgIpc) is 3.34. The van der Waals surface area contributed by atoms with Gasteiger partial charge in [-0.3, -0.25) is 4.79 Å². The zero-order valence-electron chi connectivity index (χ0n) is 12.2. The molecule has 0 heterocycles. The van der Waals surface area contributed by atoms with Gasteiger partial charge in [0.05, 0.1) is 0 Å². The Morgan fingerprint density at radius 1 is 1.14 bits per heavy atom. The zero-order valence-corrected chi connectivity index (χ0v) is 13.0. The molecule has 1 N–H and O–H groups in total. The highest BCUT2D eigenvalue weighted by molar-refractivity contribution is 7.99. The second kappa shape index (κ2) is 6.97. The fourth-order valence-corrected chi connectivity index (χ4v) is 3.34. The van der Waals surface area contributed by atoms with Crippen molar-refractivity contribution in [2.75, 3.05) is 0 Å². The second-order valence-electron chi connectivity index (χ2n) is 5.51. The molecule has 0 saturated heterocycles. The number of thioether (sulfide) groups is 1. The largest absolute Gasteiger partial charge is 0.352 e. The highest BCUT2D eigenvalue weighted by Gasteiger charge is 2.28. The van der Waals surface area contributed by atoms with Crippen LogP contribution < -0.4 is 5.32 Å². The number of amides is 1. The van der Waals surface area contributed by atoms with Gasteiger partial charge in [0, 0.05) is 11.8 Å². The molecule has 0 bridgehead atoms. The molecule has 2 nitrogen and oxygen atoms in total. The zero-order chi connectivity index (χ0) is 15.4. The fourth-order valence-electron chi connectivity index (χ4n) is 2.22. The van der Waals surface area contributed by atoms with Gasteiger partial charge in [-0.05, 0) is 36.1 Å². The van der Waals surface area contributed by atoms with Gasteiger partial charge in [-0.2, -0.15) is 0 Å². The summed E-state index contributed by atoms with van der Waals surface area (Å²) >= 11 is 1.58. The van der Waals surface area contributed by atoms with E-state index in [2.05, 4.69) is 5.32 Å². The number of hydrogen-bond donors (Lipinski definition) is 1. The van der Waals surface area contributed by atoms with Gasteiger partial charge in [0.25, 0.3) is 0 Å². The predicted octanol–water partition coefficient (Wildman–Crippen LogP) is 4.08. The van der Waals surface area contributed by atoms with E-state index in [9.17, 15) is 9.18 Å². The van der Waals surface area contributed by atoms with Crippen LogP contribution in [0.4, 0.5) is 4.39 Å². The molecular formula is C18H18FNOS. The molecule has 0 radical (unpaired) electrons. The van der Waals surface area contributed by atoms with Crippen LogP contribution in [0, 0.1) is 5.82 Å². The first-order chi connectivity index (χ1) is 10.7. The maximum Gasteiger partial charge on any atom is 0.237 e. The third-order valence-corrected chi connectivity index (χ3v) is 4.91. The maximum absolute atomic E-state index is 13.1. The van der Waals surface area contributed by atoms with Gasteiger partial charge >= 0.3 is 0 Å². The van der Waals surface area contributed by atoms with Crippen molar-refractivity contribution in [1.82, 2.24) is 5.32 Å². The Morgan fingerprint density at radius 2 is 1.82 bits per heavy atom. The van der Waals surface area contributed by atoms with Crippen LogP contribution in [0.25, 0.3) is 0 Å². The Labute approximate surface area is 134 Å². The van der Waals surface area contributed by atoms with Gasteiger partial charge in [-0.25, -0.2) is 4.39 Å². The minimum absolute atomic E-state index is 0.0232. The van der Waals surface area contributed by atoms with Crippen molar-refractivity contribution in [3.05, 3.63) is 71.5 Å². The number of benzene rings is 2. The van der Waals surface area contributed by atoms with E-state index in [0.29, 0.717) is 6.04 Å². The Balaban J connectivity index is 1.72. The number of carbonyl (C=O) groups is 1. The van der Waals surface area contributed by atoms with Crippen LogP contribution in [0.1, 0.15) is 29.2 Å². The molecule has 0 spiro atoms. The summed E-state index contributed by atoms with van der Waals surface area (Å²) in [6.45, 7) is 0. The van der Waals surface area contributed by atoms with Crippen molar-refractivity contribution in [2.45, 2.75) is 29.9 Å². The summed E-state index contributed by atoms with van der Waals surface area (Å²) in [5.74, 6) is 0.495. The molecule has 0 aromatic heterocycles. The summed E-state index contributed by atoms with van der Waals surface area (Å²) in [5, 5.41) is 2.75. The summed E-state index contributed by atoms with van der Waals surface area (Å²) in [6, 6.07) is 16.6. The summed E-state index contributed by atoms with van der Waals surface area (Å²) in [6.07, 6.45) is 2.12. The minimum Gasteiger partial charge on any atom is -0.352 e. The SMILES string of the molecule is O=C(NC1CC1)C(SCc1ccccc1)c1ccc(F)cc1. The van der Waals surface area contributed by atoms with Crippen LogP contribution in [-0.2, 0) is 10.5 Å². The molecule has 1 aliphatic rings. The van der Waals surface area contributed by atoms with Crippen molar-refractivity contribution in [2.24, 2.45) is 0 Å². The number of hydrogen-bond acceptors (Lipinski definition) is 2. The van der Waals surface area contributed by atoms with Crippen LogP contribution in [0.2, 0.25) is 0 Å². The molecule has 22 heavy (non-hydrogen) atoms. The first-order valence-electron chi connectivity index (χ1n) is 7.44. The van der Waals surface area contributed by atoms with Crippen molar-refractivity contribution >= 4 is 17.7 Å². The summed E-state index contributed by atoms with van der Waals surface area (Å²) < 4.78 is 13.1. The third-order valence-electron chi connectivity index (χ3n) is 3.59. The predicted molar refractivity (Wildman–Crippen MR) is 88.0 cm³/mol. The van der Waals surface area contributed by atoms with E-state index in [4.69, 9.17) is 0 Å². The van der Waals surface area contributed by atoms with Gasteiger partial charge < -0.3 is 5.32 Å². The molecule has 1 amide bonds. The number of nitrogens with one attached hydrogen (secondary N) is 1. The molecule has 1 saturated carbocycles. The Bertz CT molecular complexity index is 625. The van der Waals surface area contributed by atoms with E-state index in [1.165, 1.54) is 17.7 Å². The van der Waals surface area contributed by atoms with E-state index in [0.717, 1.165) is 24.2 Å². The number of rotatable bonds is 6. The molecule has 114 valence electrons. The number of carbonyl (C=O) groups excluding carboxylic acids is 1. The van der Waals surface area contributed by atoms with Crippen molar-refractivity contribution in [3.8, 4) is 0 Å². The second-order valence-corrected chi connectivity index (χ2v) is 6.60. The van der Waals surface area contributed by atoms with E-state index in [1.54, 1.807) is 23.9 Å². The highest BCUT2D eigenvalue weighted by atomic mass is 32.2. The normalized spacial score (nSPS) is 15.3. The van der Waals surface area contributed by atoms with E-state index in [1.807, 2.05) is 30.3 Å². The molecule has 1 fully saturated rings. The van der Waals surface area contributed by atoms with Crippen LogP contribution in [0.15, 0.2) is 54.6 Å². The first kappa shape index (κ1) is 15.1. The quantitative estimate of drug-likeness (QED) is 0.870. The molecule has 1 atom stereocenters.